The second-order valence-electron chi connectivity index (χ2n) is 8.20. The maximum absolute atomic E-state index is 13.6. The average molecular weight is 447 g/mol. The predicted molar refractivity (Wildman–Crippen MR) is 121 cm³/mol. The van der Waals surface area contributed by atoms with E-state index < -0.39 is 0 Å². The number of halogens is 1. The van der Waals surface area contributed by atoms with Gasteiger partial charge in [-0.15, -0.1) is 5.10 Å². The van der Waals surface area contributed by atoms with Crippen LogP contribution in [-0.4, -0.2) is 57.6 Å². The van der Waals surface area contributed by atoms with Crippen LogP contribution < -0.4 is 5.56 Å². The zero-order valence-electron chi connectivity index (χ0n) is 18.0. The lowest BCUT2D eigenvalue weighted by Gasteiger charge is -2.16. The minimum absolute atomic E-state index is 0.00522. The van der Waals surface area contributed by atoms with Crippen LogP contribution in [0, 0.1) is 11.7 Å². The van der Waals surface area contributed by atoms with Gasteiger partial charge in [0.15, 0.2) is 0 Å². The molecule has 1 amide bonds. The number of aromatic nitrogens is 4. The molecule has 1 fully saturated rings. The first-order chi connectivity index (χ1) is 16.0. The number of carbonyl (C=O) groups excluding carboxylic acids is 1. The lowest BCUT2D eigenvalue weighted by Crippen LogP contribution is -2.29. The van der Waals surface area contributed by atoms with Crippen LogP contribution >= 0.6 is 0 Å². The topological polar surface area (TPSA) is 93.1 Å². The molecule has 2 aromatic carbocycles. The van der Waals surface area contributed by atoms with Crippen molar-refractivity contribution >= 4 is 16.8 Å². The minimum atomic E-state index is -0.387. The molecule has 0 bridgehead atoms. The molecule has 1 unspecified atom stereocenters. The molecule has 0 radical (unpaired) electrons. The predicted octanol–water partition coefficient (Wildman–Crippen LogP) is 3.02. The number of nitrogens with zero attached hydrogens (tertiary/aromatic N) is 4. The zero-order chi connectivity index (χ0) is 22.9. The number of methoxy groups -OCH3 is 1. The second kappa shape index (κ2) is 8.59. The van der Waals surface area contributed by atoms with Gasteiger partial charge in [0, 0.05) is 42.6 Å². The average Bonchev–Trinajstić information content (AvgIpc) is 3.49. The quantitative estimate of drug-likeness (QED) is 0.508. The van der Waals surface area contributed by atoms with Crippen molar-refractivity contribution in [1.29, 1.82) is 0 Å². The zero-order valence-corrected chi connectivity index (χ0v) is 18.0. The molecule has 0 spiro atoms. The Kier molecular flexibility index (Phi) is 5.47. The second-order valence-corrected chi connectivity index (χ2v) is 8.20. The molecule has 5 rings (SSSR count). The number of ether oxygens (including phenoxy) is 1. The number of fused-ring (bicyclic) bond motifs is 1. The Labute approximate surface area is 188 Å². The summed E-state index contributed by atoms with van der Waals surface area (Å²) in [6.45, 7) is 2.09. The molecular weight excluding hydrogens is 425 g/mol. The highest BCUT2D eigenvalue weighted by molar-refractivity contribution is 5.94. The van der Waals surface area contributed by atoms with E-state index in [0.29, 0.717) is 52.5 Å². The Bertz CT molecular complexity index is 1380. The summed E-state index contributed by atoms with van der Waals surface area (Å²) in [5.74, 6) is -0.0159. The number of carbonyl (C=O) groups is 1. The first kappa shape index (κ1) is 21.0. The van der Waals surface area contributed by atoms with Gasteiger partial charge in [0.2, 0.25) is 0 Å². The monoisotopic (exact) mass is 447 g/mol. The molecular formula is C24H22FN5O3. The van der Waals surface area contributed by atoms with Crippen molar-refractivity contribution < 1.29 is 13.9 Å². The van der Waals surface area contributed by atoms with Crippen LogP contribution in [0.1, 0.15) is 16.8 Å². The third kappa shape index (κ3) is 4.14. The summed E-state index contributed by atoms with van der Waals surface area (Å²) < 4.78 is 20.3. The van der Waals surface area contributed by atoms with Gasteiger partial charge in [-0.25, -0.2) is 9.07 Å². The van der Waals surface area contributed by atoms with E-state index in [1.54, 1.807) is 43.6 Å². The standard InChI is InChI=1S/C24H22FN5O3/c1-33-14-15-8-9-29(12-15)24(32)16-2-5-19(6-3-16)30-13-22(27-28-30)20-11-17-10-18(25)4-7-21(17)26-23(20)31/h2-7,10-11,13,15H,8-9,12,14H2,1H3,(H,26,31). The molecule has 0 aliphatic carbocycles. The Balaban J connectivity index is 1.36. The maximum Gasteiger partial charge on any atom is 0.258 e. The molecule has 33 heavy (non-hydrogen) atoms. The number of likely N-dealkylation sites (tertiary alicyclic amines) is 1. The largest absolute Gasteiger partial charge is 0.384 e. The molecule has 2 aromatic heterocycles. The van der Waals surface area contributed by atoms with Crippen molar-refractivity contribution in [2.24, 2.45) is 5.92 Å². The van der Waals surface area contributed by atoms with Gasteiger partial charge in [0.05, 0.1) is 24.1 Å². The molecule has 3 heterocycles. The van der Waals surface area contributed by atoms with Crippen LogP contribution in [-0.2, 0) is 4.74 Å². The number of H-pyrrole nitrogens is 1. The van der Waals surface area contributed by atoms with Gasteiger partial charge in [0.25, 0.3) is 11.5 Å². The van der Waals surface area contributed by atoms with E-state index in [4.69, 9.17) is 4.74 Å². The highest BCUT2D eigenvalue weighted by Gasteiger charge is 2.26. The van der Waals surface area contributed by atoms with E-state index in [1.807, 2.05) is 4.90 Å². The third-order valence-electron chi connectivity index (χ3n) is 5.93. The summed E-state index contributed by atoms with van der Waals surface area (Å²) in [4.78, 5) is 29.9. The molecule has 1 atom stereocenters. The molecule has 8 nitrogen and oxygen atoms in total. The smallest absolute Gasteiger partial charge is 0.258 e. The summed E-state index contributed by atoms with van der Waals surface area (Å²) in [5, 5.41) is 8.79. The Morgan fingerprint density at radius 1 is 1.21 bits per heavy atom. The molecule has 9 heteroatoms. The van der Waals surface area contributed by atoms with Crippen LogP contribution in [0.5, 0.6) is 0 Å². The van der Waals surface area contributed by atoms with Crippen LogP contribution in [0.15, 0.2) is 59.5 Å². The number of amides is 1. The normalized spacial score (nSPS) is 15.9. The van der Waals surface area contributed by atoms with E-state index in [-0.39, 0.29) is 17.3 Å². The van der Waals surface area contributed by atoms with E-state index >= 15 is 0 Å². The van der Waals surface area contributed by atoms with Crippen molar-refractivity contribution in [2.75, 3.05) is 26.8 Å². The number of nitrogens with one attached hydrogen (secondary N) is 1. The molecule has 1 aliphatic rings. The summed E-state index contributed by atoms with van der Waals surface area (Å²) in [6.07, 6.45) is 2.57. The van der Waals surface area contributed by atoms with E-state index in [9.17, 15) is 14.0 Å². The molecule has 1 aliphatic heterocycles. The van der Waals surface area contributed by atoms with Gasteiger partial charge in [-0.3, -0.25) is 9.59 Å². The van der Waals surface area contributed by atoms with Crippen molar-refractivity contribution in [3.8, 4) is 16.9 Å². The fourth-order valence-electron chi connectivity index (χ4n) is 4.21. The van der Waals surface area contributed by atoms with E-state index in [1.165, 1.54) is 22.9 Å². The lowest BCUT2D eigenvalue weighted by molar-refractivity contribution is 0.0775. The number of rotatable bonds is 5. The molecule has 4 aromatic rings. The number of hydrogen-bond acceptors (Lipinski definition) is 5. The maximum atomic E-state index is 13.6. The Morgan fingerprint density at radius 3 is 2.82 bits per heavy atom. The van der Waals surface area contributed by atoms with Crippen LogP contribution in [0.4, 0.5) is 4.39 Å². The van der Waals surface area contributed by atoms with Gasteiger partial charge in [-0.05, 0) is 55.0 Å². The third-order valence-corrected chi connectivity index (χ3v) is 5.93. The molecule has 1 N–H and O–H groups in total. The van der Waals surface area contributed by atoms with Crippen molar-refractivity contribution in [3.05, 3.63) is 76.5 Å². The first-order valence-corrected chi connectivity index (χ1v) is 10.7. The van der Waals surface area contributed by atoms with E-state index in [2.05, 4.69) is 15.3 Å². The van der Waals surface area contributed by atoms with Crippen LogP contribution in [0.3, 0.4) is 0 Å². The fourth-order valence-corrected chi connectivity index (χ4v) is 4.21. The summed E-state index contributed by atoms with van der Waals surface area (Å²) in [5.41, 5.74) is 2.18. The van der Waals surface area contributed by atoms with Gasteiger partial charge in [-0.2, -0.15) is 0 Å². The number of benzene rings is 2. The molecule has 0 saturated carbocycles. The summed E-state index contributed by atoms with van der Waals surface area (Å²) >= 11 is 0. The van der Waals surface area contributed by atoms with Crippen LogP contribution in [0.2, 0.25) is 0 Å². The van der Waals surface area contributed by atoms with E-state index in [0.717, 1.165) is 13.0 Å². The van der Waals surface area contributed by atoms with Gasteiger partial charge < -0.3 is 14.6 Å². The van der Waals surface area contributed by atoms with Gasteiger partial charge >= 0.3 is 0 Å². The summed E-state index contributed by atoms with van der Waals surface area (Å²) in [6, 6.07) is 12.9. The first-order valence-electron chi connectivity index (χ1n) is 10.7. The van der Waals surface area contributed by atoms with Crippen molar-refractivity contribution in [2.45, 2.75) is 6.42 Å². The Hall–Kier alpha value is -3.85. The fraction of sp³-hybridized carbons (Fsp3) is 0.250. The van der Waals surface area contributed by atoms with Gasteiger partial charge in [0.1, 0.15) is 11.5 Å². The molecule has 168 valence electrons. The van der Waals surface area contributed by atoms with Crippen molar-refractivity contribution in [3.63, 3.8) is 0 Å². The number of hydrogen-bond donors (Lipinski definition) is 1. The number of pyridine rings is 1. The number of aromatic amines is 1. The summed E-state index contributed by atoms with van der Waals surface area (Å²) in [7, 11) is 1.68. The highest BCUT2D eigenvalue weighted by atomic mass is 19.1. The SMILES string of the molecule is COCC1CCN(C(=O)c2ccc(-n3cc(-c4cc5cc(F)ccc5[nH]c4=O)nn3)cc2)C1. The van der Waals surface area contributed by atoms with Crippen molar-refractivity contribution in [1.82, 2.24) is 24.9 Å². The molecule has 1 saturated heterocycles. The lowest BCUT2D eigenvalue weighted by atomic mass is 10.1. The minimum Gasteiger partial charge on any atom is -0.384 e. The Morgan fingerprint density at radius 2 is 2.03 bits per heavy atom. The van der Waals surface area contributed by atoms with Gasteiger partial charge in [-0.1, -0.05) is 5.21 Å². The highest BCUT2D eigenvalue weighted by Crippen LogP contribution is 2.21. The van der Waals surface area contributed by atoms with Crippen LogP contribution in [0.25, 0.3) is 27.8 Å².